The van der Waals surface area contributed by atoms with Crippen LogP contribution in [0.25, 0.3) is 11.0 Å². The minimum atomic E-state index is -0.438. The van der Waals surface area contributed by atoms with Crippen LogP contribution in [-0.4, -0.2) is 19.3 Å². The zero-order chi connectivity index (χ0) is 10.1. The maximum Gasteiger partial charge on any atom is 0.332 e. The molecule has 0 saturated carbocycles. The Kier molecular flexibility index (Phi) is 2.11. The van der Waals surface area contributed by atoms with E-state index < -0.39 is 19.2 Å². The van der Waals surface area contributed by atoms with E-state index >= 15 is 0 Å². The van der Waals surface area contributed by atoms with E-state index in [0.717, 1.165) is 4.57 Å². The maximum absolute atomic E-state index is 11.5. The van der Waals surface area contributed by atoms with Gasteiger partial charge in [-0.15, -0.1) is 0 Å². The van der Waals surface area contributed by atoms with E-state index in [4.69, 9.17) is 10.2 Å². The summed E-state index contributed by atoms with van der Waals surface area (Å²) < 4.78 is 2.31. The van der Waals surface area contributed by atoms with E-state index in [1.54, 1.807) is 18.2 Å². The fraction of sp³-hybridized carbons (Fsp3) is 0.222. The molecule has 0 aliphatic rings. The number of para-hydroxylation sites is 1. The predicted octanol–water partition coefficient (Wildman–Crippen LogP) is -0.497. The van der Waals surface area contributed by atoms with Gasteiger partial charge >= 0.3 is 5.69 Å². The second-order valence-electron chi connectivity index (χ2n) is 2.83. The first-order chi connectivity index (χ1) is 6.79. The Morgan fingerprint density at radius 3 is 2.64 bits per heavy atom. The summed E-state index contributed by atoms with van der Waals surface area (Å²) in [6, 6.07) is 7.89. The summed E-state index contributed by atoms with van der Waals surface area (Å²) in [4.78, 5) is 11.5. The van der Waals surface area contributed by atoms with Gasteiger partial charge in [0.25, 0.3) is 0 Å². The Morgan fingerprint density at radius 2 is 2.00 bits per heavy atom. The highest BCUT2D eigenvalue weighted by Gasteiger charge is 2.10. The van der Waals surface area contributed by atoms with Crippen molar-refractivity contribution in [1.82, 2.24) is 9.13 Å². The smallest absolute Gasteiger partial charge is 0.332 e. The second kappa shape index (κ2) is 3.28. The summed E-state index contributed by atoms with van der Waals surface area (Å²) in [6.07, 6.45) is 0. The van der Waals surface area contributed by atoms with Crippen molar-refractivity contribution in [2.24, 2.45) is 0 Å². The topological polar surface area (TPSA) is 67.4 Å². The number of hydrogen-bond acceptors (Lipinski definition) is 3. The van der Waals surface area contributed by atoms with E-state index in [1.165, 1.54) is 4.57 Å². The number of aliphatic hydroxyl groups is 2. The minimum Gasteiger partial charge on any atom is -0.376 e. The van der Waals surface area contributed by atoms with E-state index in [-0.39, 0.29) is 0 Å². The molecule has 0 atom stereocenters. The van der Waals surface area contributed by atoms with Crippen LogP contribution in [0.5, 0.6) is 0 Å². The Bertz CT molecular complexity index is 468. The average molecular weight is 193 g/mol. The Morgan fingerprint density at radius 1 is 1.29 bits per heavy atom. The summed E-state index contributed by atoms with van der Waals surface area (Å²) in [7, 11) is 0. The molecule has 1 heterocycles. The quantitative estimate of drug-likeness (QED) is 0.675. The van der Waals surface area contributed by atoms with Gasteiger partial charge in [0, 0.05) is 6.07 Å². The number of aromatic nitrogens is 2. The van der Waals surface area contributed by atoms with Crippen molar-refractivity contribution in [2.75, 3.05) is 0 Å². The molecular weight excluding hydrogens is 184 g/mol. The lowest BCUT2D eigenvalue weighted by atomic mass is 10.3. The maximum atomic E-state index is 11.5. The summed E-state index contributed by atoms with van der Waals surface area (Å²) in [6.45, 7) is -0.816. The highest BCUT2D eigenvalue weighted by Crippen LogP contribution is 2.10. The number of rotatable bonds is 2. The third kappa shape index (κ3) is 1.07. The molecule has 2 rings (SSSR count). The van der Waals surface area contributed by atoms with Crippen molar-refractivity contribution >= 4 is 11.0 Å². The number of aliphatic hydroxyl groups excluding tert-OH is 2. The fourth-order valence-electron chi connectivity index (χ4n) is 1.47. The molecule has 0 aliphatic carbocycles. The van der Waals surface area contributed by atoms with Crippen LogP contribution in [0.4, 0.5) is 0 Å². The second-order valence-corrected chi connectivity index (χ2v) is 2.83. The third-order valence-electron chi connectivity index (χ3n) is 2.12. The Labute approximate surface area is 79.4 Å². The van der Waals surface area contributed by atoms with Crippen molar-refractivity contribution in [3.8, 4) is 0 Å². The highest BCUT2D eigenvalue weighted by atomic mass is 16.3. The summed E-state index contributed by atoms with van der Waals surface area (Å²) in [5.74, 6) is 0. The average Bonchev–Trinajstić information content (AvgIpc) is 2.49. The fourth-order valence-corrected chi connectivity index (χ4v) is 1.47. The molecule has 5 heteroatoms. The molecule has 14 heavy (non-hydrogen) atoms. The van der Waals surface area contributed by atoms with Crippen molar-refractivity contribution < 1.29 is 10.2 Å². The lowest BCUT2D eigenvalue weighted by Gasteiger charge is -1.94. The predicted molar refractivity (Wildman–Crippen MR) is 49.5 cm³/mol. The SMILES string of the molecule is O=c1n(CO)c2[c]cccc2n1CO. The van der Waals surface area contributed by atoms with Crippen LogP contribution >= 0.6 is 0 Å². The summed E-state index contributed by atoms with van der Waals surface area (Å²) in [5, 5.41) is 18.0. The van der Waals surface area contributed by atoms with Crippen molar-refractivity contribution in [3.05, 3.63) is 34.7 Å². The molecule has 1 aromatic carbocycles. The number of fused-ring (bicyclic) bond motifs is 1. The van der Waals surface area contributed by atoms with Crippen LogP contribution in [0, 0.1) is 6.07 Å². The van der Waals surface area contributed by atoms with Gasteiger partial charge in [-0.25, -0.2) is 4.79 Å². The van der Waals surface area contributed by atoms with Gasteiger partial charge in [-0.3, -0.25) is 9.13 Å². The third-order valence-corrected chi connectivity index (χ3v) is 2.12. The molecular formula is C9H9N2O3. The molecule has 1 aromatic heterocycles. The first-order valence-corrected chi connectivity index (χ1v) is 4.11. The van der Waals surface area contributed by atoms with E-state index in [0.29, 0.717) is 11.0 Å². The van der Waals surface area contributed by atoms with Crippen molar-refractivity contribution in [3.63, 3.8) is 0 Å². The highest BCUT2D eigenvalue weighted by molar-refractivity contribution is 5.75. The molecule has 0 spiro atoms. The number of imidazole rings is 1. The molecule has 2 aromatic rings. The zero-order valence-electron chi connectivity index (χ0n) is 7.34. The van der Waals surface area contributed by atoms with Gasteiger partial charge in [0.15, 0.2) is 0 Å². The van der Waals surface area contributed by atoms with Crippen molar-refractivity contribution in [1.29, 1.82) is 0 Å². The van der Waals surface area contributed by atoms with E-state index in [9.17, 15) is 4.79 Å². The first-order valence-electron chi connectivity index (χ1n) is 4.11. The molecule has 0 aliphatic heterocycles. The van der Waals surface area contributed by atoms with Gasteiger partial charge < -0.3 is 10.2 Å². The zero-order valence-corrected chi connectivity index (χ0v) is 7.34. The van der Waals surface area contributed by atoms with Crippen LogP contribution in [0.15, 0.2) is 23.0 Å². The molecule has 0 bridgehead atoms. The van der Waals surface area contributed by atoms with E-state index in [2.05, 4.69) is 6.07 Å². The number of hydrogen-bond donors (Lipinski definition) is 2. The monoisotopic (exact) mass is 193 g/mol. The molecule has 0 fully saturated rings. The normalized spacial score (nSPS) is 11.0. The lowest BCUT2D eigenvalue weighted by Crippen LogP contribution is -2.24. The standard InChI is InChI=1S/C9H9N2O3/c12-5-10-7-3-1-2-4-8(7)11(6-13)9(10)14/h1-3,12-13H,5-6H2. The minimum absolute atomic E-state index is 0.403. The van der Waals surface area contributed by atoms with Crippen LogP contribution < -0.4 is 5.69 Å². The Hall–Kier alpha value is -1.59. The van der Waals surface area contributed by atoms with Gasteiger partial charge in [-0.1, -0.05) is 12.1 Å². The van der Waals surface area contributed by atoms with Gasteiger partial charge in [-0.05, 0) is 6.07 Å². The van der Waals surface area contributed by atoms with Gasteiger partial charge in [0.1, 0.15) is 13.5 Å². The molecule has 73 valence electrons. The van der Waals surface area contributed by atoms with Gasteiger partial charge in [0.2, 0.25) is 0 Å². The molecule has 0 saturated heterocycles. The van der Waals surface area contributed by atoms with E-state index in [1.807, 2.05) is 0 Å². The molecule has 1 radical (unpaired) electrons. The molecule has 5 nitrogen and oxygen atoms in total. The first kappa shape index (κ1) is 8.98. The molecule has 0 unspecified atom stereocenters. The van der Waals surface area contributed by atoms with Crippen LogP contribution in [-0.2, 0) is 13.5 Å². The number of nitrogens with zero attached hydrogens (tertiary/aromatic N) is 2. The Balaban J connectivity index is 2.92. The van der Waals surface area contributed by atoms with Crippen molar-refractivity contribution in [2.45, 2.75) is 13.5 Å². The van der Waals surface area contributed by atoms with Gasteiger partial charge in [-0.2, -0.15) is 0 Å². The van der Waals surface area contributed by atoms with Crippen LogP contribution in [0.1, 0.15) is 0 Å². The van der Waals surface area contributed by atoms with Gasteiger partial charge in [0.05, 0.1) is 11.0 Å². The van der Waals surface area contributed by atoms with Crippen LogP contribution in [0.2, 0.25) is 0 Å². The van der Waals surface area contributed by atoms with Crippen LogP contribution in [0.3, 0.4) is 0 Å². The summed E-state index contributed by atoms with van der Waals surface area (Å²) in [5.41, 5.74) is 0.621. The number of benzene rings is 1. The molecule has 0 amide bonds. The summed E-state index contributed by atoms with van der Waals surface area (Å²) >= 11 is 0. The lowest BCUT2D eigenvalue weighted by molar-refractivity contribution is 0.191. The largest absolute Gasteiger partial charge is 0.376 e. The molecule has 2 N–H and O–H groups in total.